The largest absolute Gasteiger partial charge is 0.452 e. The van der Waals surface area contributed by atoms with E-state index in [9.17, 15) is 14.4 Å². The van der Waals surface area contributed by atoms with Gasteiger partial charge in [-0.15, -0.1) is 0 Å². The van der Waals surface area contributed by atoms with Gasteiger partial charge in [0, 0.05) is 17.2 Å². The van der Waals surface area contributed by atoms with Crippen molar-refractivity contribution in [3.63, 3.8) is 0 Å². The van der Waals surface area contributed by atoms with Gasteiger partial charge in [0.25, 0.3) is 5.91 Å². The fourth-order valence-electron chi connectivity index (χ4n) is 2.78. The number of hydrogen-bond acceptors (Lipinski definition) is 4. The zero-order valence-electron chi connectivity index (χ0n) is 16.6. The molecule has 0 bridgehead atoms. The molecule has 0 fully saturated rings. The van der Waals surface area contributed by atoms with E-state index < -0.39 is 5.97 Å². The van der Waals surface area contributed by atoms with E-state index in [0.717, 1.165) is 12.8 Å². The Hall–Kier alpha value is -2.95. The van der Waals surface area contributed by atoms with E-state index in [4.69, 9.17) is 4.74 Å². The maximum absolute atomic E-state index is 12.7. The molecule has 2 rings (SSSR count). The summed E-state index contributed by atoms with van der Waals surface area (Å²) in [5, 5.41) is 2.82. The summed E-state index contributed by atoms with van der Waals surface area (Å²) in [5.41, 5.74) is 0.890. The van der Waals surface area contributed by atoms with Gasteiger partial charge < -0.3 is 10.1 Å². The van der Waals surface area contributed by atoms with E-state index in [1.54, 1.807) is 42.5 Å². The fraction of sp³-hybridized carbons (Fsp3) is 0.348. The minimum Gasteiger partial charge on any atom is -0.452 e. The number of rotatable bonds is 9. The van der Waals surface area contributed by atoms with Crippen LogP contribution in [0.1, 0.15) is 59.9 Å². The molecule has 0 heterocycles. The molecule has 5 heteroatoms. The Labute approximate surface area is 166 Å². The van der Waals surface area contributed by atoms with Gasteiger partial charge in [-0.2, -0.15) is 0 Å². The first kappa shape index (κ1) is 21.4. The fourth-order valence-corrected chi connectivity index (χ4v) is 2.78. The molecule has 0 aromatic heterocycles. The minimum absolute atomic E-state index is 0.0144. The summed E-state index contributed by atoms with van der Waals surface area (Å²) < 4.78 is 5.14. The molecule has 5 nitrogen and oxygen atoms in total. The van der Waals surface area contributed by atoms with Crippen molar-refractivity contribution >= 4 is 17.7 Å². The van der Waals surface area contributed by atoms with E-state index >= 15 is 0 Å². The number of nitrogens with one attached hydrogen (secondary N) is 1. The van der Waals surface area contributed by atoms with Crippen molar-refractivity contribution in [3.05, 3.63) is 71.3 Å². The van der Waals surface area contributed by atoms with Gasteiger partial charge in [-0.25, -0.2) is 4.79 Å². The molecule has 0 aliphatic rings. The van der Waals surface area contributed by atoms with Gasteiger partial charge in [0.2, 0.25) is 0 Å². The lowest BCUT2D eigenvalue weighted by Gasteiger charge is -2.15. The third-order valence-electron chi connectivity index (χ3n) is 4.35. The average molecular weight is 381 g/mol. The van der Waals surface area contributed by atoms with Crippen molar-refractivity contribution < 1.29 is 19.1 Å². The molecule has 28 heavy (non-hydrogen) atoms. The summed E-state index contributed by atoms with van der Waals surface area (Å²) in [6, 6.07) is 15.2. The number of amides is 1. The number of hydrogen-bond donors (Lipinski definition) is 1. The van der Waals surface area contributed by atoms with Crippen LogP contribution < -0.4 is 5.32 Å². The van der Waals surface area contributed by atoms with Crippen molar-refractivity contribution in [2.45, 2.75) is 39.7 Å². The Morgan fingerprint density at radius 1 is 0.857 bits per heavy atom. The molecule has 0 saturated carbocycles. The van der Waals surface area contributed by atoms with Gasteiger partial charge >= 0.3 is 5.97 Å². The molecule has 0 radical (unpaired) electrons. The smallest absolute Gasteiger partial charge is 0.339 e. The van der Waals surface area contributed by atoms with Crippen LogP contribution in [0.15, 0.2) is 54.6 Å². The highest BCUT2D eigenvalue weighted by atomic mass is 16.5. The normalized spacial score (nSPS) is 11.7. The molecular weight excluding hydrogens is 354 g/mol. The molecule has 0 unspecified atom stereocenters. The number of benzene rings is 2. The number of esters is 1. The Morgan fingerprint density at radius 3 is 2.11 bits per heavy atom. The van der Waals surface area contributed by atoms with Gasteiger partial charge in [0.05, 0.1) is 5.56 Å². The number of carbonyl (C=O) groups is 3. The predicted octanol–water partition coefficient (Wildman–Crippen LogP) is 4.02. The topological polar surface area (TPSA) is 72.5 Å². The molecule has 0 saturated heterocycles. The van der Waals surface area contributed by atoms with Crippen LogP contribution >= 0.6 is 0 Å². The summed E-state index contributed by atoms with van der Waals surface area (Å²) >= 11 is 0. The first-order valence-corrected chi connectivity index (χ1v) is 9.53. The van der Waals surface area contributed by atoms with Crippen molar-refractivity contribution in [1.29, 1.82) is 0 Å². The molecule has 0 spiro atoms. The van der Waals surface area contributed by atoms with E-state index in [0.29, 0.717) is 11.5 Å². The van der Waals surface area contributed by atoms with Crippen LogP contribution in [0.2, 0.25) is 0 Å². The average Bonchev–Trinajstić information content (AvgIpc) is 2.70. The summed E-state index contributed by atoms with van der Waals surface area (Å²) in [6.45, 7) is 5.81. The Morgan fingerprint density at radius 2 is 1.46 bits per heavy atom. The molecule has 0 aliphatic heterocycles. The van der Waals surface area contributed by atoms with Gasteiger partial charge in [-0.1, -0.05) is 62.4 Å². The maximum atomic E-state index is 12.7. The predicted molar refractivity (Wildman–Crippen MR) is 108 cm³/mol. The van der Waals surface area contributed by atoms with Crippen LogP contribution in [0.5, 0.6) is 0 Å². The molecule has 0 aliphatic carbocycles. The van der Waals surface area contributed by atoms with Crippen LogP contribution in [0, 0.1) is 5.92 Å². The summed E-state index contributed by atoms with van der Waals surface area (Å²) in [4.78, 5) is 37.2. The number of carbonyl (C=O) groups excluding carboxylic acids is 3. The Bertz CT molecular complexity index is 814. The molecule has 2 aromatic carbocycles. The summed E-state index contributed by atoms with van der Waals surface area (Å²) in [6.07, 6.45) is 1.88. The van der Waals surface area contributed by atoms with Crippen LogP contribution in [-0.2, 0) is 9.53 Å². The van der Waals surface area contributed by atoms with E-state index in [1.807, 2.05) is 13.0 Å². The van der Waals surface area contributed by atoms with Crippen molar-refractivity contribution in [1.82, 2.24) is 5.32 Å². The standard InChI is InChI=1S/C23H27NO4/c1-16(2)13-14-17(3)24-21(25)15-28-23(27)20-12-8-7-11-19(20)22(26)18-9-5-4-6-10-18/h4-12,16-17H,13-15H2,1-3H3,(H,24,25)/t17-/m1/s1. The van der Waals surface area contributed by atoms with Crippen LogP contribution in [0.3, 0.4) is 0 Å². The van der Waals surface area contributed by atoms with E-state index in [-0.39, 0.29) is 35.5 Å². The van der Waals surface area contributed by atoms with Crippen LogP contribution in [0.4, 0.5) is 0 Å². The Balaban J connectivity index is 1.98. The molecule has 2 aromatic rings. The third-order valence-corrected chi connectivity index (χ3v) is 4.35. The van der Waals surface area contributed by atoms with Gasteiger partial charge in [-0.05, 0) is 31.7 Å². The van der Waals surface area contributed by atoms with E-state index in [1.165, 1.54) is 6.07 Å². The Kier molecular flexibility index (Phi) is 7.93. The highest BCUT2D eigenvalue weighted by Crippen LogP contribution is 2.16. The van der Waals surface area contributed by atoms with Crippen LogP contribution in [0.25, 0.3) is 0 Å². The lowest BCUT2D eigenvalue weighted by molar-refractivity contribution is -0.124. The maximum Gasteiger partial charge on any atom is 0.339 e. The third kappa shape index (κ3) is 6.34. The lowest BCUT2D eigenvalue weighted by Crippen LogP contribution is -2.36. The second-order valence-corrected chi connectivity index (χ2v) is 7.26. The molecular formula is C23H27NO4. The highest BCUT2D eigenvalue weighted by Gasteiger charge is 2.20. The molecule has 1 N–H and O–H groups in total. The lowest BCUT2D eigenvalue weighted by atomic mass is 9.98. The number of ketones is 1. The quantitative estimate of drug-likeness (QED) is 0.526. The van der Waals surface area contributed by atoms with Gasteiger partial charge in [0.15, 0.2) is 12.4 Å². The van der Waals surface area contributed by atoms with E-state index in [2.05, 4.69) is 19.2 Å². The van der Waals surface area contributed by atoms with Crippen molar-refractivity contribution in [2.75, 3.05) is 6.61 Å². The highest BCUT2D eigenvalue weighted by molar-refractivity contribution is 6.14. The monoisotopic (exact) mass is 381 g/mol. The zero-order valence-corrected chi connectivity index (χ0v) is 16.6. The first-order chi connectivity index (χ1) is 13.4. The van der Waals surface area contributed by atoms with Crippen molar-refractivity contribution in [3.8, 4) is 0 Å². The molecule has 148 valence electrons. The molecule has 1 atom stereocenters. The summed E-state index contributed by atoms with van der Waals surface area (Å²) in [5.74, 6) is -0.739. The SMILES string of the molecule is CC(C)CC[C@@H](C)NC(=O)COC(=O)c1ccccc1C(=O)c1ccccc1. The summed E-state index contributed by atoms with van der Waals surface area (Å²) in [7, 11) is 0. The zero-order chi connectivity index (χ0) is 20.5. The number of ether oxygens (including phenoxy) is 1. The second-order valence-electron chi connectivity index (χ2n) is 7.26. The van der Waals surface area contributed by atoms with Crippen molar-refractivity contribution in [2.24, 2.45) is 5.92 Å². The van der Waals surface area contributed by atoms with Gasteiger partial charge in [0.1, 0.15) is 0 Å². The minimum atomic E-state index is -0.690. The first-order valence-electron chi connectivity index (χ1n) is 9.53. The van der Waals surface area contributed by atoms with Gasteiger partial charge in [-0.3, -0.25) is 9.59 Å². The van der Waals surface area contributed by atoms with Crippen LogP contribution in [-0.4, -0.2) is 30.3 Å². The molecule has 1 amide bonds. The second kappa shape index (κ2) is 10.4.